The summed E-state index contributed by atoms with van der Waals surface area (Å²) in [6.07, 6.45) is 5.74. The Morgan fingerprint density at radius 2 is 1.84 bits per heavy atom. The highest BCUT2D eigenvalue weighted by molar-refractivity contribution is 6.00. The molecule has 1 aliphatic heterocycles. The average Bonchev–Trinajstić information content (AvgIpc) is 3.52. The highest BCUT2D eigenvalue weighted by atomic mass is 16.5. The van der Waals surface area contributed by atoms with Gasteiger partial charge in [0.25, 0.3) is 0 Å². The molecule has 0 saturated carbocycles. The van der Waals surface area contributed by atoms with Gasteiger partial charge < -0.3 is 19.5 Å². The first-order valence-corrected chi connectivity index (χ1v) is 13.2. The number of pyridine rings is 1. The zero-order valence-corrected chi connectivity index (χ0v) is 21.8. The number of benzene rings is 2. The van der Waals surface area contributed by atoms with Gasteiger partial charge >= 0.3 is 0 Å². The molecule has 37 heavy (non-hydrogen) atoms. The van der Waals surface area contributed by atoms with Gasteiger partial charge in [-0.15, -0.1) is 0 Å². The van der Waals surface area contributed by atoms with E-state index in [0.717, 1.165) is 64.4 Å². The summed E-state index contributed by atoms with van der Waals surface area (Å²) in [5, 5.41) is 10.0. The Hall–Kier alpha value is -3.84. The summed E-state index contributed by atoms with van der Waals surface area (Å²) in [4.78, 5) is 12.9. The molecule has 1 aliphatic rings. The quantitative estimate of drug-likeness (QED) is 0.290. The lowest BCUT2D eigenvalue weighted by Crippen LogP contribution is -2.29. The van der Waals surface area contributed by atoms with Crippen LogP contribution in [0.4, 0.5) is 5.69 Å². The van der Waals surface area contributed by atoms with Crippen molar-refractivity contribution in [3.63, 3.8) is 0 Å². The van der Waals surface area contributed by atoms with Crippen LogP contribution < -0.4 is 9.64 Å². The molecule has 0 atom stereocenters. The number of H-pyrrole nitrogens is 2. The third-order valence-electron chi connectivity index (χ3n) is 7.21. The van der Waals surface area contributed by atoms with E-state index < -0.39 is 0 Å². The molecular formula is C30H34N6O. The standard InChI is InChI=1S/C30H34N6O/c1-20-14-21(16-23(15-20)37-13-12-35(2)3)22-17-25-29(33-34-30(25)31-19-22)27-18-24-26(32-27)8-7-9-28(24)36-10-5-4-6-11-36/h7-9,14-19,32H,4-6,10-13H2,1-3H3,(H,31,33,34). The lowest BCUT2D eigenvalue weighted by atomic mass is 10.0. The Morgan fingerprint density at radius 3 is 2.68 bits per heavy atom. The van der Waals surface area contributed by atoms with Crippen molar-refractivity contribution in [2.75, 3.05) is 45.2 Å². The predicted octanol–water partition coefficient (Wildman–Crippen LogP) is 6.01. The van der Waals surface area contributed by atoms with E-state index in [4.69, 9.17) is 4.74 Å². The molecule has 1 saturated heterocycles. The van der Waals surface area contributed by atoms with Gasteiger partial charge in [-0.3, -0.25) is 5.10 Å². The highest BCUT2D eigenvalue weighted by Crippen LogP contribution is 2.35. The smallest absolute Gasteiger partial charge is 0.181 e. The number of anilines is 1. The van der Waals surface area contributed by atoms with Crippen molar-refractivity contribution >= 4 is 27.6 Å². The normalized spacial score (nSPS) is 14.2. The van der Waals surface area contributed by atoms with Gasteiger partial charge in [-0.25, -0.2) is 4.98 Å². The monoisotopic (exact) mass is 494 g/mol. The predicted molar refractivity (Wildman–Crippen MR) is 151 cm³/mol. The van der Waals surface area contributed by atoms with Crippen LogP contribution in [-0.2, 0) is 0 Å². The minimum absolute atomic E-state index is 0.652. The summed E-state index contributed by atoms with van der Waals surface area (Å²) in [6, 6.07) is 17.3. The van der Waals surface area contributed by atoms with Crippen LogP contribution in [0.15, 0.2) is 54.7 Å². The number of hydrogen-bond donors (Lipinski definition) is 2. The first-order valence-electron chi connectivity index (χ1n) is 13.2. The number of rotatable bonds is 7. The Labute approximate surface area is 217 Å². The molecule has 6 rings (SSSR count). The van der Waals surface area contributed by atoms with E-state index in [0.29, 0.717) is 12.3 Å². The molecule has 5 aromatic rings. The Bertz CT molecular complexity index is 1540. The molecule has 0 aliphatic carbocycles. The van der Waals surface area contributed by atoms with Crippen molar-refractivity contribution in [1.29, 1.82) is 0 Å². The molecule has 190 valence electrons. The number of ether oxygens (including phenoxy) is 1. The lowest BCUT2D eigenvalue weighted by molar-refractivity contribution is 0.261. The van der Waals surface area contributed by atoms with Crippen LogP contribution in [0, 0.1) is 6.92 Å². The van der Waals surface area contributed by atoms with E-state index in [-0.39, 0.29) is 0 Å². The zero-order valence-electron chi connectivity index (χ0n) is 21.8. The number of piperidine rings is 1. The van der Waals surface area contributed by atoms with Crippen LogP contribution in [-0.4, -0.2) is 65.4 Å². The molecule has 0 spiro atoms. The highest BCUT2D eigenvalue weighted by Gasteiger charge is 2.17. The first kappa shape index (κ1) is 23.6. The number of aryl methyl sites for hydroxylation is 1. The second-order valence-electron chi connectivity index (χ2n) is 10.3. The van der Waals surface area contributed by atoms with Crippen molar-refractivity contribution < 1.29 is 4.74 Å². The van der Waals surface area contributed by atoms with E-state index in [1.807, 2.05) is 6.20 Å². The minimum Gasteiger partial charge on any atom is -0.492 e. The molecular weight excluding hydrogens is 460 g/mol. The molecule has 0 amide bonds. The van der Waals surface area contributed by atoms with E-state index in [9.17, 15) is 0 Å². The molecule has 1 fully saturated rings. The minimum atomic E-state index is 0.652. The van der Waals surface area contributed by atoms with Gasteiger partial charge in [0.1, 0.15) is 12.4 Å². The Balaban J connectivity index is 1.36. The average molecular weight is 495 g/mol. The van der Waals surface area contributed by atoms with Crippen LogP contribution in [0.3, 0.4) is 0 Å². The van der Waals surface area contributed by atoms with Crippen molar-refractivity contribution in [3.05, 3.63) is 60.3 Å². The number of likely N-dealkylation sites (N-methyl/N-ethyl adjacent to an activating group) is 1. The summed E-state index contributed by atoms with van der Waals surface area (Å²) in [7, 11) is 4.10. The molecule has 4 heterocycles. The fourth-order valence-electron chi connectivity index (χ4n) is 5.29. The molecule has 2 N–H and O–H groups in total. The fourth-order valence-corrected chi connectivity index (χ4v) is 5.29. The first-order chi connectivity index (χ1) is 18.0. The Kier molecular flexibility index (Phi) is 6.30. The van der Waals surface area contributed by atoms with Gasteiger partial charge in [0.05, 0.1) is 11.4 Å². The largest absolute Gasteiger partial charge is 0.492 e. The number of nitrogens with zero attached hydrogens (tertiary/aromatic N) is 4. The van der Waals surface area contributed by atoms with Gasteiger partial charge in [0, 0.05) is 53.4 Å². The lowest BCUT2D eigenvalue weighted by Gasteiger charge is -2.29. The van der Waals surface area contributed by atoms with Crippen molar-refractivity contribution in [2.45, 2.75) is 26.2 Å². The molecule has 2 aromatic carbocycles. The van der Waals surface area contributed by atoms with Crippen LogP contribution >= 0.6 is 0 Å². The zero-order chi connectivity index (χ0) is 25.4. The van der Waals surface area contributed by atoms with Gasteiger partial charge in [0.15, 0.2) is 5.65 Å². The van der Waals surface area contributed by atoms with Crippen molar-refractivity contribution in [1.82, 2.24) is 25.1 Å². The summed E-state index contributed by atoms with van der Waals surface area (Å²) >= 11 is 0. The number of nitrogens with one attached hydrogen (secondary N) is 2. The third kappa shape index (κ3) is 4.79. The number of fused-ring (bicyclic) bond motifs is 2. The second-order valence-corrected chi connectivity index (χ2v) is 10.3. The summed E-state index contributed by atoms with van der Waals surface area (Å²) in [5.41, 5.74) is 8.44. The Morgan fingerprint density at radius 1 is 0.973 bits per heavy atom. The molecule has 7 heteroatoms. The number of aromatic amines is 2. The summed E-state index contributed by atoms with van der Waals surface area (Å²) in [5.74, 6) is 0.880. The van der Waals surface area contributed by atoms with E-state index in [2.05, 4.69) is 99.5 Å². The van der Waals surface area contributed by atoms with Crippen LogP contribution in [0.5, 0.6) is 5.75 Å². The maximum Gasteiger partial charge on any atom is 0.181 e. The van der Waals surface area contributed by atoms with Gasteiger partial charge in [0.2, 0.25) is 0 Å². The van der Waals surface area contributed by atoms with Crippen LogP contribution in [0.1, 0.15) is 24.8 Å². The molecule has 3 aromatic heterocycles. The topological polar surface area (TPSA) is 73.1 Å². The SMILES string of the molecule is Cc1cc(OCCN(C)C)cc(-c2cnc3n[nH]c(-c4cc5c(N6CCCCC6)cccc5[nH]4)c3c2)c1. The molecule has 7 nitrogen and oxygen atoms in total. The van der Waals surface area contributed by atoms with Gasteiger partial charge in [-0.2, -0.15) is 5.10 Å². The third-order valence-corrected chi connectivity index (χ3v) is 7.21. The van der Waals surface area contributed by atoms with Crippen LogP contribution in [0.2, 0.25) is 0 Å². The maximum atomic E-state index is 6.03. The van der Waals surface area contributed by atoms with Gasteiger partial charge in [-0.05, 0) is 87.8 Å². The van der Waals surface area contributed by atoms with Crippen molar-refractivity contribution in [3.8, 4) is 28.3 Å². The van der Waals surface area contributed by atoms with Crippen molar-refractivity contribution in [2.24, 2.45) is 0 Å². The van der Waals surface area contributed by atoms with Gasteiger partial charge in [-0.1, -0.05) is 12.1 Å². The maximum absolute atomic E-state index is 6.03. The summed E-state index contributed by atoms with van der Waals surface area (Å²) in [6.45, 7) is 5.87. The summed E-state index contributed by atoms with van der Waals surface area (Å²) < 4.78 is 6.03. The molecule has 0 bridgehead atoms. The number of aromatic nitrogens is 4. The molecule has 0 radical (unpaired) electrons. The van der Waals surface area contributed by atoms with Crippen LogP contribution in [0.25, 0.3) is 44.5 Å². The second kappa shape index (κ2) is 9.90. The van der Waals surface area contributed by atoms with E-state index in [1.54, 1.807) is 0 Å². The van der Waals surface area contributed by atoms with E-state index >= 15 is 0 Å². The van der Waals surface area contributed by atoms with E-state index in [1.165, 1.54) is 30.3 Å². The molecule has 0 unspecified atom stereocenters. The fraction of sp³-hybridized carbons (Fsp3) is 0.333. The number of hydrogen-bond acceptors (Lipinski definition) is 5.